The minimum atomic E-state index is -1.65. The highest BCUT2D eigenvalue weighted by atomic mass is 16.5. The van der Waals surface area contributed by atoms with Crippen molar-refractivity contribution in [3.63, 3.8) is 0 Å². The number of hydrogen-bond donors (Lipinski definition) is 3. The summed E-state index contributed by atoms with van der Waals surface area (Å²) in [6.45, 7) is 1.09. The van der Waals surface area contributed by atoms with Crippen LogP contribution in [0.15, 0.2) is 24.3 Å². The number of aliphatic hydroxyl groups excluding tert-OH is 1. The molecule has 1 aromatic carbocycles. The largest absolute Gasteiger partial charge is 0.481 e. The van der Waals surface area contributed by atoms with E-state index in [0.29, 0.717) is 11.3 Å². The van der Waals surface area contributed by atoms with E-state index in [-0.39, 0.29) is 0 Å². The molecule has 2 atom stereocenters. The smallest absolute Gasteiger partial charge is 0.334 e. The molecule has 1 rings (SSSR count). The Balaban J connectivity index is 2.48. The molecule has 0 heterocycles. The summed E-state index contributed by atoms with van der Waals surface area (Å²) in [5.74, 6) is -1.55. The van der Waals surface area contributed by atoms with Gasteiger partial charge in [-0.15, -0.1) is 0 Å². The molecule has 106 valence electrons. The summed E-state index contributed by atoms with van der Waals surface area (Å²) in [7, 11) is 0. The Morgan fingerprint density at radius 2 is 2.00 bits per heavy atom. The molecule has 7 heteroatoms. The monoisotopic (exact) mass is 278 g/mol. The highest BCUT2D eigenvalue weighted by Crippen LogP contribution is 2.13. The van der Waals surface area contributed by atoms with Gasteiger partial charge >= 0.3 is 5.97 Å². The second-order valence-corrected chi connectivity index (χ2v) is 4.00. The molecule has 0 aliphatic rings. The molecule has 0 saturated carbocycles. The number of nitriles is 1. The van der Waals surface area contributed by atoms with Gasteiger partial charge in [0.1, 0.15) is 5.75 Å². The predicted molar refractivity (Wildman–Crippen MR) is 67.9 cm³/mol. The van der Waals surface area contributed by atoms with Crippen molar-refractivity contribution in [2.75, 3.05) is 6.54 Å². The van der Waals surface area contributed by atoms with Gasteiger partial charge in [-0.3, -0.25) is 4.79 Å². The van der Waals surface area contributed by atoms with E-state index in [0.717, 1.165) is 0 Å². The SMILES string of the molecule is CC(Oc1ccc(C#N)cc1)C(=O)NC[C@H](O)C(=O)O. The standard InChI is InChI=1S/C13H14N2O5/c1-8(12(17)15-7-11(16)13(18)19)20-10-4-2-9(6-14)3-5-10/h2-5,8,11,16H,7H2,1H3,(H,15,17)(H,18,19)/t8?,11-/m0/s1. The van der Waals surface area contributed by atoms with Crippen LogP contribution in [-0.4, -0.2) is 40.8 Å². The first kappa shape index (κ1) is 15.5. The minimum absolute atomic E-state index is 0.394. The Kier molecular flexibility index (Phi) is 5.50. The van der Waals surface area contributed by atoms with Crippen LogP contribution < -0.4 is 10.1 Å². The van der Waals surface area contributed by atoms with Gasteiger partial charge in [0.15, 0.2) is 12.2 Å². The molecule has 0 saturated heterocycles. The highest BCUT2D eigenvalue weighted by molar-refractivity contribution is 5.81. The normalized spacial score (nSPS) is 12.8. The van der Waals surface area contributed by atoms with Gasteiger partial charge in [0.2, 0.25) is 0 Å². The van der Waals surface area contributed by atoms with Crippen LogP contribution in [0.1, 0.15) is 12.5 Å². The van der Waals surface area contributed by atoms with Crippen molar-refractivity contribution in [2.45, 2.75) is 19.1 Å². The topological polar surface area (TPSA) is 120 Å². The third kappa shape index (κ3) is 4.59. The maximum atomic E-state index is 11.6. The number of amides is 1. The van der Waals surface area contributed by atoms with E-state index < -0.39 is 30.6 Å². The molecule has 1 aromatic rings. The first-order valence-corrected chi connectivity index (χ1v) is 5.79. The van der Waals surface area contributed by atoms with Crippen molar-refractivity contribution in [2.24, 2.45) is 0 Å². The van der Waals surface area contributed by atoms with E-state index >= 15 is 0 Å². The fraction of sp³-hybridized carbons (Fsp3) is 0.308. The van der Waals surface area contributed by atoms with Crippen molar-refractivity contribution < 1.29 is 24.5 Å². The fourth-order valence-corrected chi connectivity index (χ4v) is 1.29. The molecular formula is C13H14N2O5. The maximum Gasteiger partial charge on any atom is 0.334 e. The molecule has 0 fully saturated rings. The zero-order valence-corrected chi connectivity index (χ0v) is 10.7. The van der Waals surface area contributed by atoms with Crippen LogP contribution in [0.3, 0.4) is 0 Å². The van der Waals surface area contributed by atoms with Gasteiger partial charge in [-0.05, 0) is 31.2 Å². The summed E-state index contributed by atoms with van der Waals surface area (Å²) in [5, 5.41) is 28.4. The summed E-state index contributed by atoms with van der Waals surface area (Å²) in [4.78, 5) is 22.0. The van der Waals surface area contributed by atoms with Crippen molar-refractivity contribution in [1.82, 2.24) is 5.32 Å². The van der Waals surface area contributed by atoms with E-state index in [1.807, 2.05) is 6.07 Å². The summed E-state index contributed by atoms with van der Waals surface area (Å²) >= 11 is 0. The lowest BCUT2D eigenvalue weighted by atomic mass is 10.2. The Labute approximate surface area is 115 Å². The predicted octanol–water partition coefficient (Wildman–Crippen LogP) is -0.113. The summed E-state index contributed by atoms with van der Waals surface area (Å²) < 4.78 is 5.32. The van der Waals surface area contributed by atoms with Crippen LogP contribution in [0.2, 0.25) is 0 Å². The third-order valence-corrected chi connectivity index (χ3v) is 2.42. The van der Waals surface area contributed by atoms with Crippen LogP contribution in [0.4, 0.5) is 0 Å². The number of carboxylic acids is 1. The van der Waals surface area contributed by atoms with Crippen molar-refractivity contribution in [3.8, 4) is 11.8 Å². The van der Waals surface area contributed by atoms with Gasteiger partial charge in [0, 0.05) is 0 Å². The average Bonchev–Trinajstić information content (AvgIpc) is 2.44. The number of aliphatic hydroxyl groups is 1. The molecule has 0 aliphatic heterocycles. The van der Waals surface area contributed by atoms with Crippen molar-refractivity contribution in [3.05, 3.63) is 29.8 Å². The lowest BCUT2D eigenvalue weighted by Gasteiger charge is -2.15. The quantitative estimate of drug-likeness (QED) is 0.667. The summed E-state index contributed by atoms with van der Waals surface area (Å²) in [6, 6.07) is 8.15. The van der Waals surface area contributed by atoms with Crippen LogP contribution in [0, 0.1) is 11.3 Å². The first-order chi connectivity index (χ1) is 9.43. The van der Waals surface area contributed by atoms with Crippen molar-refractivity contribution in [1.29, 1.82) is 5.26 Å². The Hall–Kier alpha value is -2.59. The van der Waals surface area contributed by atoms with Gasteiger partial charge in [0.25, 0.3) is 5.91 Å². The number of aliphatic carboxylic acids is 1. The molecule has 0 bridgehead atoms. The van der Waals surface area contributed by atoms with Gasteiger partial charge in [-0.1, -0.05) is 0 Å². The highest BCUT2D eigenvalue weighted by Gasteiger charge is 2.18. The van der Waals surface area contributed by atoms with E-state index in [2.05, 4.69) is 5.32 Å². The Morgan fingerprint density at radius 1 is 1.40 bits per heavy atom. The zero-order valence-electron chi connectivity index (χ0n) is 10.7. The van der Waals surface area contributed by atoms with Crippen LogP contribution in [0.5, 0.6) is 5.75 Å². The molecule has 3 N–H and O–H groups in total. The summed E-state index contributed by atoms with van der Waals surface area (Å²) in [6.07, 6.45) is -2.51. The molecule has 20 heavy (non-hydrogen) atoms. The molecule has 0 spiro atoms. The van der Waals surface area contributed by atoms with Crippen LogP contribution >= 0.6 is 0 Å². The number of benzene rings is 1. The lowest BCUT2D eigenvalue weighted by Crippen LogP contribution is -2.42. The molecule has 1 amide bonds. The third-order valence-electron chi connectivity index (χ3n) is 2.42. The minimum Gasteiger partial charge on any atom is -0.481 e. The van der Waals surface area contributed by atoms with Gasteiger partial charge in [-0.2, -0.15) is 5.26 Å². The maximum absolute atomic E-state index is 11.6. The van der Waals surface area contributed by atoms with E-state index in [1.54, 1.807) is 24.3 Å². The molecule has 7 nitrogen and oxygen atoms in total. The molecule has 0 radical (unpaired) electrons. The number of nitrogens with zero attached hydrogens (tertiary/aromatic N) is 1. The summed E-state index contributed by atoms with van der Waals surface area (Å²) in [5.41, 5.74) is 0.471. The number of ether oxygens (including phenoxy) is 1. The van der Waals surface area contributed by atoms with Gasteiger partial charge in [-0.25, -0.2) is 4.79 Å². The second-order valence-electron chi connectivity index (χ2n) is 4.00. The van der Waals surface area contributed by atoms with Crippen LogP contribution in [0.25, 0.3) is 0 Å². The number of rotatable bonds is 6. The number of nitrogens with one attached hydrogen (secondary N) is 1. The fourth-order valence-electron chi connectivity index (χ4n) is 1.29. The lowest BCUT2D eigenvalue weighted by molar-refractivity contribution is -0.146. The molecular weight excluding hydrogens is 264 g/mol. The second kappa shape index (κ2) is 7.11. The average molecular weight is 278 g/mol. The molecule has 0 aromatic heterocycles. The van der Waals surface area contributed by atoms with E-state index in [4.69, 9.17) is 20.2 Å². The Bertz CT molecular complexity index is 521. The van der Waals surface area contributed by atoms with Crippen LogP contribution in [-0.2, 0) is 9.59 Å². The Morgan fingerprint density at radius 3 is 2.50 bits per heavy atom. The van der Waals surface area contributed by atoms with Gasteiger partial charge < -0.3 is 20.3 Å². The zero-order chi connectivity index (χ0) is 15.1. The first-order valence-electron chi connectivity index (χ1n) is 5.79. The number of carbonyl (C=O) groups is 2. The number of carbonyl (C=O) groups excluding carboxylic acids is 1. The van der Waals surface area contributed by atoms with E-state index in [9.17, 15) is 9.59 Å². The number of carboxylic acid groups (broad SMARTS) is 1. The molecule has 0 aliphatic carbocycles. The van der Waals surface area contributed by atoms with Crippen molar-refractivity contribution >= 4 is 11.9 Å². The van der Waals surface area contributed by atoms with E-state index in [1.165, 1.54) is 6.92 Å². The number of hydrogen-bond acceptors (Lipinski definition) is 5. The van der Waals surface area contributed by atoms with Gasteiger partial charge in [0.05, 0.1) is 18.2 Å². The molecule has 1 unspecified atom stereocenters.